The SMILES string of the molecule is Nc1nc2cc(-c3cncc(S(=O)(=O)N4CCC4)c3)ccn2n1. The van der Waals surface area contributed by atoms with Crippen LogP contribution in [0.3, 0.4) is 0 Å². The first kappa shape index (κ1) is 14.1. The van der Waals surface area contributed by atoms with Crippen LogP contribution in [0.25, 0.3) is 16.8 Å². The Morgan fingerprint density at radius 2 is 1.96 bits per heavy atom. The van der Waals surface area contributed by atoms with Gasteiger partial charge in [0.15, 0.2) is 5.65 Å². The molecule has 4 heterocycles. The van der Waals surface area contributed by atoms with Gasteiger partial charge < -0.3 is 5.73 Å². The van der Waals surface area contributed by atoms with Gasteiger partial charge >= 0.3 is 0 Å². The number of nitrogen functional groups attached to an aromatic ring is 1. The Kier molecular flexibility index (Phi) is 3.06. The van der Waals surface area contributed by atoms with E-state index in [9.17, 15) is 8.42 Å². The molecule has 9 heteroatoms. The molecule has 3 aromatic heterocycles. The van der Waals surface area contributed by atoms with Crippen LogP contribution >= 0.6 is 0 Å². The highest BCUT2D eigenvalue weighted by Crippen LogP contribution is 2.26. The number of pyridine rings is 2. The Balaban J connectivity index is 1.77. The summed E-state index contributed by atoms with van der Waals surface area (Å²) in [7, 11) is -3.45. The van der Waals surface area contributed by atoms with Crippen LogP contribution in [0.5, 0.6) is 0 Å². The van der Waals surface area contributed by atoms with E-state index in [1.54, 1.807) is 29.0 Å². The molecule has 1 fully saturated rings. The molecule has 1 aliphatic rings. The van der Waals surface area contributed by atoms with Crippen molar-refractivity contribution >= 4 is 21.6 Å². The monoisotopic (exact) mass is 330 g/mol. The van der Waals surface area contributed by atoms with Crippen molar-refractivity contribution in [1.82, 2.24) is 23.9 Å². The van der Waals surface area contributed by atoms with Gasteiger partial charge in [0, 0.05) is 37.2 Å². The molecule has 0 aliphatic carbocycles. The van der Waals surface area contributed by atoms with E-state index in [1.807, 2.05) is 6.07 Å². The van der Waals surface area contributed by atoms with Gasteiger partial charge in [-0.1, -0.05) is 0 Å². The third kappa shape index (κ3) is 2.34. The molecule has 0 bridgehead atoms. The fourth-order valence-electron chi connectivity index (χ4n) is 2.47. The molecular formula is C14H14N6O2S. The average Bonchev–Trinajstić information content (AvgIpc) is 2.84. The second-order valence-electron chi connectivity index (χ2n) is 5.36. The Labute approximate surface area is 132 Å². The quantitative estimate of drug-likeness (QED) is 0.760. The molecule has 0 amide bonds. The van der Waals surface area contributed by atoms with Crippen LogP contribution in [-0.2, 0) is 10.0 Å². The lowest BCUT2D eigenvalue weighted by Crippen LogP contribution is -2.41. The Hall–Kier alpha value is -2.52. The lowest BCUT2D eigenvalue weighted by Gasteiger charge is -2.29. The van der Waals surface area contributed by atoms with Crippen LogP contribution in [0, 0.1) is 0 Å². The first-order valence-electron chi connectivity index (χ1n) is 7.11. The second-order valence-corrected chi connectivity index (χ2v) is 7.29. The minimum absolute atomic E-state index is 0.189. The first-order valence-corrected chi connectivity index (χ1v) is 8.55. The fourth-order valence-corrected chi connectivity index (χ4v) is 3.98. The largest absolute Gasteiger partial charge is 0.366 e. The molecule has 0 unspecified atom stereocenters. The van der Waals surface area contributed by atoms with Crippen molar-refractivity contribution in [2.24, 2.45) is 0 Å². The van der Waals surface area contributed by atoms with Crippen LogP contribution in [0.1, 0.15) is 6.42 Å². The molecule has 0 atom stereocenters. The maximum absolute atomic E-state index is 12.5. The van der Waals surface area contributed by atoms with Gasteiger partial charge in [-0.05, 0) is 30.2 Å². The number of sulfonamides is 1. The van der Waals surface area contributed by atoms with Gasteiger partial charge in [-0.15, -0.1) is 5.10 Å². The molecular weight excluding hydrogens is 316 g/mol. The number of aromatic nitrogens is 4. The van der Waals surface area contributed by atoms with Gasteiger partial charge in [0.25, 0.3) is 0 Å². The summed E-state index contributed by atoms with van der Waals surface area (Å²) in [6.07, 6.45) is 5.63. The van der Waals surface area contributed by atoms with Crippen molar-refractivity contribution in [3.63, 3.8) is 0 Å². The second kappa shape index (κ2) is 5.00. The van der Waals surface area contributed by atoms with E-state index in [0.29, 0.717) is 24.3 Å². The van der Waals surface area contributed by atoms with Gasteiger partial charge in [0.05, 0.1) is 0 Å². The highest BCUT2D eigenvalue weighted by atomic mass is 32.2. The summed E-state index contributed by atoms with van der Waals surface area (Å²) in [4.78, 5) is 8.39. The topological polar surface area (TPSA) is 106 Å². The van der Waals surface area contributed by atoms with Crippen LogP contribution < -0.4 is 5.73 Å². The van der Waals surface area contributed by atoms with Gasteiger partial charge in [0.2, 0.25) is 16.0 Å². The first-order chi connectivity index (χ1) is 11.0. The summed E-state index contributed by atoms with van der Waals surface area (Å²) in [6, 6.07) is 5.24. The third-order valence-corrected chi connectivity index (χ3v) is 5.72. The molecule has 118 valence electrons. The van der Waals surface area contributed by atoms with Gasteiger partial charge in [0.1, 0.15) is 4.90 Å². The predicted molar refractivity (Wildman–Crippen MR) is 84.0 cm³/mol. The van der Waals surface area contributed by atoms with Crippen molar-refractivity contribution in [3.8, 4) is 11.1 Å². The fraction of sp³-hybridized carbons (Fsp3) is 0.214. The molecule has 8 nitrogen and oxygen atoms in total. The summed E-state index contributed by atoms with van der Waals surface area (Å²) in [5.41, 5.74) is 7.68. The van der Waals surface area contributed by atoms with E-state index in [4.69, 9.17) is 5.73 Å². The molecule has 2 N–H and O–H groups in total. The molecule has 3 aromatic rings. The summed E-state index contributed by atoms with van der Waals surface area (Å²) >= 11 is 0. The Morgan fingerprint density at radius 3 is 2.70 bits per heavy atom. The van der Waals surface area contributed by atoms with Crippen LogP contribution in [0.4, 0.5) is 5.95 Å². The highest BCUT2D eigenvalue weighted by molar-refractivity contribution is 7.89. The number of rotatable bonds is 3. The standard InChI is InChI=1S/C14H14N6O2S/c15-14-17-13-7-10(2-5-20(13)18-14)11-6-12(9-16-8-11)23(21,22)19-3-1-4-19/h2,5-9H,1,3-4H2,(H2,15,18). The van der Waals surface area contributed by atoms with Crippen molar-refractivity contribution in [1.29, 1.82) is 0 Å². The number of nitrogens with zero attached hydrogens (tertiary/aromatic N) is 5. The number of fused-ring (bicyclic) bond motifs is 1. The molecule has 0 radical (unpaired) electrons. The highest BCUT2D eigenvalue weighted by Gasteiger charge is 2.29. The van der Waals surface area contributed by atoms with Crippen molar-refractivity contribution in [2.75, 3.05) is 18.8 Å². The number of hydrogen-bond acceptors (Lipinski definition) is 6. The van der Waals surface area contributed by atoms with Gasteiger partial charge in [-0.25, -0.2) is 12.9 Å². The smallest absolute Gasteiger partial charge is 0.244 e. The zero-order valence-electron chi connectivity index (χ0n) is 12.1. The maximum Gasteiger partial charge on any atom is 0.244 e. The van der Waals surface area contributed by atoms with E-state index >= 15 is 0 Å². The van der Waals surface area contributed by atoms with E-state index in [2.05, 4.69) is 15.1 Å². The lowest BCUT2D eigenvalue weighted by atomic mass is 10.1. The predicted octanol–water partition coefficient (Wildman–Crippen LogP) is 0.768. The number of anilines is 1. The van der Waals surface area contributed by atoms with Crippen LogP contribution in [0.2, 0.25) is 0 Å². The minimum atomic E-state index is -3.45. The zero-order valence-corrected chi connectivity index (χ0v) is 12.9. The number of nitrogens with two attached hydrogens (primary N) is 1. The van der Waals surface area contributed by atoms with E-state index < -0.39 is 10.0 Å². The molecule has 1 aliphatic heterocycles. The summed E-state index contributed by atoms with van der Waals surface area (Å²) in [6.45, 7) is 1.13. The molecule has 23 heavy (non-hydrogen) atoms. The third-order valence-electron chi connectivity index (χ3n) is 3.85. The zero-order chi connectivity index (χ0) is 16.0. The summed E-state index contributed by atoms with van der Waals surface area (Å²) < 4.78 is 27.9. The van der Waals surface area contributed by atoms with Crippen molar-refractivity contribution in [3.05, 3.63) is 36.8 Å². The van der Waals surface area contributed by atoms with Crippen molar-refractivity contribution in [2.45, 2.75) is 11.3 Å². The molecule has 0 saturated carbocycles. The normalized spacial score (nSPS) is 15.7. The Bertz CT molecular complexity index is 993. The minimum Gasteiger partial charge on any atom is -0.366 e. The van der Waals surface area contributed by atoms with Crippen LogP contribution in [0.15, 0.2) is 41.7 Å². The summed E-state index contributed by atoms with van der Waals surface area (Å²) in [5, 5.41) is 4.01. The Morgan fingerprint density at radius 1 is 1.13 bits per heavy atom. The van der Waals surface area contributed by atoms with Gasteiger partial charge in [-0.2, -0.15) is 9.29 Å². The van der Waals surface area contributed by atoms with Crippen molar-refractivity contribution < 1.29 is 8.42 Å². The maximum atomic E-state index is 12.5. The molecule has 0 spiro atoms. The van der Waals surface area contributed by atoms with E-state index in [1.165, 1.54) is 10.5 Å². The average molecular weight is 330 g/mol. The van der Waals surface area contributed by atoms with Crippen LogP contribution in [-0.4, -0.2) is 45.4 Å². The lowest BCUT2D eigenvalue weighted by molar-refractivity contribution is 0.309. The molecule has 1 saturated heterocycles. The molecule has 0 aromatic carbocycles. The van der Waals surface area contributed by atoms with E-state index in [-0.39, 0.29) is 10.8 Å². The summed E-state index contributed by atoms with van der Waals surface area (Å²) in [5.74, 6) is 0.189. The molecule has 4 rings (SSSR count). The number of hydrogen-bond donors (Lipinski definition) is 1. The van der Waals surface area contributed by atoms with Gasteiger partial charge in [-0.3, -0.25) is 4.98 Å². The van der Waals surface area contributed by atoms with E-state index in [0.717, 1.165) is 12.0 Å².